The van der Waals surface area contributed by atoms with E-state index in [9.17, 15) is 0 Å². The van der Waals surface area contributed by atoms with E-state index < -0.39 is 0 Å². The second-order valence-corrected chi connectivity index (χ2v) is 4.20. The number of benzene rings is 1. The molecule has 0 heterocycles. The molecule has 0 aliphatic rings. The molecule has 1 N–H and O–H groups in total. The molecule has 0 saturated heterocycles. The van der Waals surface area contributed by atoms with Gasteiger partial charge >= 0.3 is 0 Å². The molecule has 0 spiro atoms. The summed E-state index contributed by atoms with van der Waals surface area (Å²) in [4.78, 5) is 0. The number of aryl methyl sites for hydroxylation is 1. The van der Waals surface area contributed by atoms with Crippen LogP contribution in [-0.2, 0) is 6.54 Å². The summed E-state index contributed by atoms with van der Waals surface area (Å²) in [5.74, 6) is 2.67. The summed E-state index contributed by atoms with van der Waals surface area (Å²) in [7, 11) is 0. The Morgan fingerprint density at radius 1 is 1.25 bits per heavy atom. The highest BCUT2D eigenvalue weighted by Crippen LogP contribution is 2.12. The van der Waals surface area contributed by atoms with Crippen LogP contribution in [0.1, 0.15) is 36.0 Å². The monoisotopic (exact) mass is 215 g/mol. The first kappa shape index (κ1) is 12.8. The first-order chi connectivity index (χ1) is 7.75. The van der Waals surface area contributed by atoms with Crippen LogP contribution < -0.4 is 5.32 Å². The van der Waals surface area contributed by atoms with Crippen LogP contribution >= 0.6 is 0 Å². The fourth-order valence-electron chi connectivity index (χ4n) is 1.70. The van der Waals surface area contributed by atoms with Crippen molar-refractivity contribution in [2.24, 2.45) is 0 Å². The van der Waals surface area contributed by atoms with Gasteiger partial charge in [-0.15, -0.1) is 12.3 Å². The van der Waals surface area contributed by atoms with Crippen molar-refractivity contribution in [2.45, 2.75) is 39.7 Å². The summed E-state index contributed by atoms with van der Waals surface area (Å²) in [6, 6.07) is 6.47. The van der Waals surface area contributed by atoms with Gasteiger partial charge in [0.15, 0.2) is 0 Å². The summed E-state index contributed by atoms with van der Waals surface area (Å²) < 4.78 is 0. The molecule has 0 aliphatic carbocycles. The van der Waals surface area contributed by atoms with Gasteiger partial charge in [0.1, 0.15) is 0 Å². The lowest BCUT2D eigenvalue weighted by Crippen LogP contribution is -2.15. The molecule has 1 heteroatoms. The van der Waals surface area contributed by atoms with E-state index in [0.717, 1.165) is 32.4 Å². The topological polar surface area (TPSA) is 12.0 Å². The molecule has 0 atom stereocenters. The van der Waals surface area contributed by atoms with Gasteiger partial charge in [0.25, 0.3) is 0 Å². The predicted octanol–water partition coefficient (Wildman–Crippen LogP) is 3.20. The Balaban J connectivity index is 2.27. The van der Waals surface area contributed by atoms with Gasteiger partial charge in [-0.05, 0) is 49.9 Å². The van der Waals surface area contributed by atoms with Gasteiger partial charge < -0.3 is 5.32 Å². The van der Waals surface area contributed by atoms with Crippen molar-refractivity contribution in [3.63, 3.8) is 0 Å². The SMILES string of the molecule is C#CCCCCNCc1cccc(C)c1C. The normalized spacial score (nSPS) is 10.1. The highest BCUT2D eigenvalue weighted by atomic mass is 14.8. The van der Waals surface area contributed by atoms with Crippen molar-refractivity contribution in [3.05, 3.63) is 34.9 Å². The van der Waals surface area contributed by atoms with Crippen molar-refractivity contribution in [3.8, 4) is 12.3 Å². The summed E-state index contributed by atoms with van der Waals surface area (Å²) in [6.07, 6.45) is 8.38. The Morgan fingerprint density at radius 2 is 2.06 bits per heavy atom. The molecule has 0 saturated carbocycles. The van der Waals surface area contributed by atoms with Gasteiger partial charge in [-0.1, -0.05) is 18.2 Å². The minimum atomic E-state index is 0.894. The number of nitrogens with one attached hydrogen (secondary N) is 1. The lowest BCUT2D eigenvalue weighted by molar-refractivity contribution is 0.628. The van der Waals surface area contributed by atoms with Crippen molar-refractivity contribution in [1.82, 2.24) is 5.32 Å². The minimum absolute atomic E-state index is 0.894. The molecule has 0 unspecified atom stereocenters. The highest BCUT2D eigenvalue weighted by molar-refractivity contribution is 5.32. The summed E-state index contributed by atoms with van der Waals surface area (Å²) in [5.41, 5.74) is 4.17. The quantitative estimate of drug-likeness (QED) is 0.567. The molecule has 0 aromatic heterocycles. The van der Waals surface area contributed by atoms with E-state index in [4.69, 9.17) is 6.42 Å². The minimum Gasteiger partial charge on any atom is -0.313 e. The fraction of sp³-hybridized carbons (Fsp3) is 0.467. The van der Waals surface area contributed by atoms with Gasteiger partial charge in [-0.25, -0.2) is 0 Å². The second-order valence-electron chi connectivity index (χ2n) is 4.20. The zero-order valence-corrected chi connectivity index (χ0v) is 10.3. The lowest BCUT2D eigenvalue weighted by Gasteiger charge is -2.09. The number of unbranched alkanes of at least 4 members (excludes halogenated alkanes) is 2. The van der Waals surface area contributed by atoms with Gasteiger partial charge in [0.05, 0.1) is 0 Å². The largest absolute Gasteiger partial charge is 0.313 e. The first-order valence-corrected chi connectivity index (χ1v) is 5.95. The van der Waals surface area contributed by atoms with Crippen LogP contribution in [0.3, 0.4) is 0 Å². The third-order valence-corrected chi connectivity index (χ3v) is 2.96. The van der Waals surface area contributed by atoms with Crippen molar-refractivity contribution < 1.29 is 0 Å². The molecule has 1 aromatic rings. The van der Waals surface area contributed by atoms with E-state index in [2.05, 4.69) is 43.3 Å². The Labute approximate surface area is 99.3 Å². The molecule has 0 radical (unpaired) electrons. The number of hydrogen-bond acceptors (Lipinski definition) is 1. The molecule has 1 rings (SSSR count). The average Bonchev–Trinajstić information content (AvgIpc) is 2.29. The van der Waals surface area contributed by atoms with Crippen molar-refractivity contribution in [1.29, 1.82) is 0 Å². The molecule has 1 nitrogen and oxygen atoms in total. The van der Waals surface area contributed by atoms with E-state index in [1.54, 1.807) is 0 Å². The molecule has 86 valence electrons. The van der Waals surface area contributed by atoms with E-state index in [1.807, 2.05) is 0 Å². The third-order valence-electron chi connectivity index (χ3n) is 2.96. The van der Waals surface area contributed by atoms with Crippen LogP contribution in [-0.4, -0.2) is 6.54 Å². The van der Waals surface area contributed by atoms with Crippen molar-refractivity contribution >= 4 is 0 Å². The zero-order valence-electron chi connectivity index (χ0n) is 10.3. The average molecular weight is 215 g/mol. The van der Waals surface area contributed by atoms with E-state index in [0.29, 0.717) is 0 Å². The molecular formula is C15H21N. The molecule has 0 bridgehead atoms. The van der Waals surface area contributed by atoms with Crippen LogP contribution in [0.2, 0.25) is 0 Å². The number of terminal acetylenes is 1. The maximum absolute atomic E-state index is 5.20. The number of rotatable bonds is 6. The summed E-state index contributed by atoms with van der Waals surface area (Å²) in [5, 5.41) is 3.46. The van der Waals surface area contributed by atoms with Gasteiger partial charge in [0.2, 0.25) is 0 Å². The highest BCUT2D eigenvalue weighted by Gasteiger charge is 1.99. The first-order valence-electron chi connectivity index (χ1n) is 5.95. The van der Waals surface area contributed by atoms with Gasteiger partial charge in [-0.2, -0.15) is 0 Å². The van der Waals surface area contributed by atoms with E-state index in [1.165, 1.54) is 16.7 Å². The Morgan fingerprint density at radius 3 is 2.81 bits per heavy atom. The molecule has 0 aliphatic heterocycles. The van der Waals surface area contributed by atoms with Gasteiger partial charge in [0, 0.05) is 13.0 Å². The predicted molar refractivity (Wildman–Crippen MR) is 70.3 cm³/mol. The van der Waals surface area contributed by atoms with Crippen LogP contribution in [0.15, 0.2) is 18.2 Å². The van der Waals surface area contributed by atoms with E-state index >= 15 is 0 Å². The van der Waals surface area contributed by atoms with Crippen LogP contribution in [0, 0.1) is 26.2 Å². The van der Waals surface area contributed by atoms with Crippen LogP contribution in [0.4, 0.5) is 0 Å². The van der Waals surface area contributed by atoms with E-state index in [-0.39, 0.29) is 0 Å². The molecule has 0 fully saturated rings. The zero-order chi connectivity index (χ0) is 11.8. The Hall–Kier alpha value is -1.26. The number of hydrogen-bond donors (Lipinski definition) is 1. The molecule has 0 amide bonds. The standard InChI is InChI=1S/C15H21N/c1-4-5-6-7-11-16-12-15-10-8-9-13(2)14(15)3/h1,8-10,16H,5-7,11-12H2,2-3H3. The van der Waals surface area contributed by atoms with Crippen LogP contribution in [0.25, 0.3) is 0 Å². The molecule has 16 heavy (non-hydrogen) atoms. The third kappa shape index (κ3) is 4.08. The maximum atomic E-state index is 5.20. The van der Waals surface area contributed by atoms with Crippen LogP contribution in [0.5, 0.6) is 0 Å². The van der Waals surface area contributed by atoms with Gasteiger partial charge in [-0.3, -0.25) is 0 Å². The Kier molecular flexibility index (Phi) is 5.67. The summed E-state index contributed by atoms with van der Waals surface area (Å²) in [6.45, 7) is 6.36. The molecular weight excluding hydrogens is 194 g/mol. The molecule has 1 aromatic carbocycles. The fourth-order valence-corrected chi connectivity index (χ4v) is 1.70. The Bertz CT molecular complexity index is 360. The second kappa shape index (κ2) is 7.09. The lowest BCUT2D eigenvalue weighted by atomic mass is 10.0. The summed E-state index contributed by atoms with van der Waals surface area (Å²) >= 11 is 0. The van der Waals surface area contributed by atoms with Crippen molar-refractivity contribution in [2.75, 3.05) is 6.54 Å². The smallest absolute Gasteiger partial charge is 0.0208 e. The maximum Gasteiger partial charge on any atom is 0.0208 e.